The molecular weight excluding hydrogens is 265 g/mol. The SMILES string of the molecule is Oc1cc(F)c(Br)cc1C1CNCCO1. The first-order valence-electron chi connectivity index (χ1n) is 4.68. The van der Waals surface area contributed by atoms with Gasteiger partial charge in [-0.15, -0.1) is 0 Å². The number of morpholine rings is 1. The molecule has 1 fully saturated rings. The van der Waals surface area contributed by atoms with Crippen molar-refractivity contribution in [2.45, 2.75) is 6.10 Å². The lowest BCUT2D eigenvalue weighted by atomic mass is 10.1. The van der Waals surface area contributed by atoms with Crippen molar-refractivity contribution in [3.8, 4) is 5.75 Å². The summed E-state index contributed by atoms with van der Waals surface area (Å²) in [7, 11) is 0. The molecule has 1 aromatic carbocycles. The molecule has 0 aliphatic carbocycles. The van der Waals surface area contributed by atoms with E-state index in [1.165, 1.54) is 0 Å². The predicted octanol–water partition coefficient (Wildman–Crippen LogP) is 1.95. The molecule has 1 heterocycles. The van der Waals surface area contributed by atoms with Crippen molar-refractivity contribution < 1.29 is 14.2 Å². The van der Waals surface area contributed by atoms with Gasteiger partial charge in [-0.2, -0.15) is 0 Å². The predicted molar refractivity (Wildman–Crippen MR) is 57.3 cm³/mol. The minimum absolute atomic E-state index is 0.0654. The molecule has 0 saturated carbocycles. The molecule has 1 saturated heterocycles. The lowest BCUT2D eigenvalue weighted by molar-refractivity contribution is 0.0262. The van der Waals surface area contributed by atoms with Gasteiger partial charge < -0.3 is 15.2 Å². The number of rotatable bonds is 1. The number of hydrogen-bond donors (Lipinski definition) is 2. The number of hydrogen-bond acceptors (Lipinski definition) is 3. The highest BCUT2D eigenvalue weighted by Crippen LogP contribution is 2.32. The second-order valence-corrected chi connectivity index (χ2v) is 4.24. The van der Waals surface area contributed by atoms with E-state index < -0.39 is 5.82 Å². The van der Waals surface area contributed by atoms with Crippen molar-refractivity contribution >= 4 is 15.9 Å². The minimum Gasteiger partial charge on any atom is -0.507 e. The van der Waals surface area contributed by atoms with Gasteiger partial charge >= 0.3 is 0 Å². The van der Waals surface area contributed by atoms with Gasteiger partial charge in [-0.1, -0.05) is 0 Å². The highest BCUT2D eigenvalue weighted by atomic mass is 79.9. The Balaban J connectivity index is 2.30. The van der Waals surface area contributed by atoms with Gasteiger partial charge in [0.15, 0.2) is 0 Å². The zero-order valence-electron chi connectivity index (χ0n) is 7.96. The monoisotopic (exact) mass is 275 g/mol. The first-order valence-corrected chi connectivity index (χ1v) is 5.48. The van der Waals surface area contributed by atoms with Crippen LogP contribution in [0, 0.1) is 5.82 Å². The Morgan fingerprint density at radius 1 is 1.53 bits per heavy atom. The fourth-order valence-electron chi connectivity index (χ4n) is 1.57. The van der Waals surface area contributed by atoms with Crippen LogP contribution in [0.1, 0.15) is 11.7 Å². The fraction of sp³-hybridized carbons (Fsp3) is 0.400. The van der Waals surface area contributed by atoms with Crippen LogP contribution in [0.5, 0.6) is 5.75 Å². The Morgan fingerprint density at radius 2 is 2.33 bits per heavy atom. The van der Waals surface area contributed by atoms with Crippen LogP contribution in [0.25, 0.3) is 0 Å². The van der Waals surface area contributed by atoms with E-state index in [9.17, 15) is 9.50 Å². The van der Waals surface area contributed by atoms with Crippen LogP contribution in [0.2, 0.25) is 0 Å². The smallest absolute Gasteiger partial charge is 0.141 e. The van der Waals surface area contributed by atoms with E-state index >= 15 is 0 Å². The van der Waals surface area contributed by atoms with Crippen LogP contribution in [0.15, 0.2) is 16.6 Å². The number of benzene rings is 1. The van der Waals surface area contributed by atoms with Gasteiger partial charge in [0.05, 0.1) is 17.2 Å². The maximum Gasteiger partial charge on any atom is 0.141 e. The number of phenols is 1. The summed E-state index contributed by atoms with van der Waals surface area (Å²) in [6.45, 7) is 2.03. The van der Waals surface area contributed by atoms with E-state index in [4.69, 9.17) is 4.74 Å². The molecule has 2 rings (SSSR count). The second-order valence-electron chi connectivity index (χ2n) is 3.39. The van der Waals surface area contributed by atoms with E-state index in [0.717, 1.165) is 12.6 Å². The molecule has 5 heteroatoms. The summed E-state index contributed by atoms with van der Waals surface area (Å²) in [5, 5.41) is 12.7. The standard InChI is InChI=1S/C10H11BrFNO2/c11-7-3-6(9(14)4-8(7)12)10-5-13-1-2-15-10/h3-4,10,13-14H,1-2,5H2. The third kappa shape index (κ3) is 2.30. The molecule has 3 nitrogen and oxygen atoms in total. The van der Waals surface area contributed by atoms with E-state index in [1.54, 1.807) is 6.07 Å². The molecule has 0 aromatic heterocycles. The van der Waals surface area contributed by atoms with Crippen molar-refractivity contribution in [1.82, 2.24) is 5.32 Å². The highest BCUT2D eigenvalue weighted by Gasteiger charge is 2.20. The zero-order valence-corrected chi connectivity index (χ0v) is 9.55. The molecular formula is C10H11BrFNO2. The molecule has 1 aliphatic rings. The van der Waals surface area contributed by atoms with Crippen LogP contribution >= 0.6 is 15.9 Å². The fourth-order valence-corrected chi connectivity index (χ4v) is 1.94. The van der Waals surface area contributed by atoms with Gasteiger partial charge in [0, 0.05) is 24.7 Å². The van der Waals surface area contributed by atoms with Gasteiger partial charge in [-0.3, -0.25) is 0 Å². The normalized spacial score (nSPS) is 21.6. The topological polar surface area (TPSA) is 41.5 Å². The highest BCUT2D eigenvalue weighted by molar-refractivity contribution is 9.10. The van der Waals surface area contributed by atoms with Gasteiger partial charge in [0.1, 0.15) is 11.6 Å². The molecule has 0 bridgehead atoms. The Bertz CT molecular complexity index is 367. The van der Waals surface area contributed by atoms with Crippen LogP contribution in [-0.2, 0) is 4.74 Å². The summed E-state index contributed by atoms with van der Waals surface area (Å²) >= 11 is 3.08. The Kier molecular flexibility index (Phi) is 3.23. The summed E-state index contributed by atoms with van der Waals surface area (Å²) in [5.74, 6) is -0.538. The zero-order chi connectivity index (χ0) is 10.8. The van der Waals surface area contributed by atoms with Gasteiger partial charge in [0.2, 0.25) is 0 Å². The number of ether oxygens (including phenoxy) is 1. The van der Waals surface area contributed by atoms with E-state index in [-0.39, 0.29) is 11.9 Å². The molecule has 0 amide bonds. The minimum atomic E-state index is -0.472. The quantitative estimate of drug-likeness (QED) is 0.823. The third-order valence-corrected chi connectivity index (χ3v) is 2.95. The average Bonchev–Trinajstić information content (AvgIpc) is 2.25. The maximum absolute atomic E-state index is 13.1. The van der Waals surface area contributed by atoms with Crippen molar-refractivity contribution in [3.63, 3.8) is 0 Å². The Morgan fingerprint density at radius 3 is 3.00 bits per heavy atom. The van der Waals surface area contributed by atoms with Crippen molar-refractivity contribution in [3.05, 3.63) is 28.0 Å². The summed E-state index contributed by atoms with van der Waals surface area (Å²) in [4.78, 5) is 0. The molecule has 0 spiro atoms. The first kappa shape index (κ1) is 10.9. The van der Waals surface area contributed by atoms with E-state index in [2.05, 4.69) is 21.2 Å². The number of phenolic OH excluding ortho intramolecular Hbond substituents is 1. The number of halogens is 2. The lowest BCUT2D eigenvalue weighted by Crippen LogP contribution is -2.33. The van der Waals surface area contributed by atoms with E-state index in [1.807, 2.05) is 0 Å². The lowest BCUT2D eigenvalue weighted by Gasteiger charge is -2.24. The van der Waals surface area contributed by atoms with Crippen LogP contribution in [-0.4, -0.2) is 24.8 Å². The summed E-state index contributed by atoms with van der Waals surface area (Å²) in [6, 6.07) is 2.65. The van der Waals surface area contributed by atoms with Crippen molar-refractivity contribution in [2.24, 2.45) is 0 Å². The molecule has 0 radical (unpaired) electrons. The number of aromatic hydroxyl groups is 1. The average molecular weight is 276 g/mol. The Hall–Kier alpha value is -0.650. The van der Waals surface area contributed by atoms with Crippen molar-refractivity contribution in [2.75, 3.05) is 19.7 Å². The maximum atomic E-state index is 13.1. The van der Waals surface area contributed by atoms with Gasteiger partial charge in [-0.05, 0) is 22.0 Å². The van der Waals surface area contributed by atoms with Crippen LogP contribution in [0.3, 0.4) is 0 Å². The van der Waals surface area contributed by atoms with Crippen LogP contribution < -0.4 is 5.32 Å². The summed E-state index contributed by atoms with van der Waals surface area (Å²) < 4.78 is 18.9. The van der Waals surface area contributed by atoms with Crippen LogP contribution in [0.4, 0.5) is 4.39 Å². The molecule has 1 aromatic rings. The molecule has 2 N–H and O–H groups in total. The molecule has 1 unspecified atom stereocenters. The molecule has 15 heavy (non-hydrogen) atoms. The molecule has 82 valence electrons. The summed E-state index contributed by atoms with van der Waals surface area (Å²) in [5.41, 5.74) is 0.607. The van der Waals surface area contributed by atoms with Gasteiger partial charge in [0.25, 0.3) is 0 Å². The molecule has 1 aliphatic heterocycles. The summed E-state index contributed by atoms with van der Waals surface area (Å²) in [6.07, 6.45) is -0.212. The third-order valence-electron chi connectivity index (χ3n) is 2.34. The Labute approximate surface area is 95.4 Å². The van der Waals surface area contributed by atoms with Crippen molar-refractivity contribution in [1.29, 1.82) is 0 Å². The second kappa shape index (κ2) is 4.47. The number of nitrogens with one attached hydrogen (secondary N) is 1. The van der Waals surface area contributed by atoms with E-state index in [0.29, 0.717) is 23.2 Å². The largest absolute Gasteiger partial charge is 0.507 e. The van der Waals surface area contributed by atoms with Gasteiger partial charge in [-0.25, -0.2) is 4.39 Å². The first-order chi connectivity index (χ1) is 7.18. The molecule has 1 atom stereocenters.